The van der Waals surface area contributed by atoms with Crippen LogP contribution in [0.15, 0.2) is 12.4 Å². The Balaban J connectivity index is 1.90. The number of rotatable bonds is 3. The quantitative estimate of drug-likeness (QED) is 0.826. The molecule has 1 aromatic rings. The zero-order valence-electron chi connectivity index (χ0n) is 9.74. The lowest BCUT2D eigenvalue weighted by Crippen LogP contribution is -2.25. The molecule has 1 N–H and O–H groups in total. The fourth-order valence-corrected chi connectivity index (χ4v) is 2.41. The van der Waals surface area contributed by atoms with Crippen LogP contribution in [0.25, 0.3) is 0 Å². The maximum atomic E-state index is 4.27. The average Bonchev–Trinajstić information content (AvgIpc) is 2.65. The molecule has 3 heteroatoms. The maximum Gasteiger partial charge on any atom is 0.0728 e. The van der Waals surface area contributed by atoms with E-state index in [0.717, 1.165) is 12.5 Å². The van der Waals surface area contributed by atoms with Gasteiger partial charge in [-0.25, -0.2) is 0 Å². The first-order valence-electron chi connectivity index (χ1n) is 6.07. The van der Waals surface area contributed by atoms with Gasteiger partial charge in [0.25, 0.3) is 0 Å². The molecule has 0 spiro atoms. The molecule has 2 atom stereocenters. The molecular weight excluding hydrogens is 186 g/mol. The maximum absolute atomic E-state index is 4.27. The summed E-state index contributed by atoms with van der Waals surface area (Å²) in [5.41, 5.74) is 1.18. The lowest BCUT2D eigenvalue weighted by molar-refractivity contribution is 0.358. The number of hydrogen-bond acceptors (Lipinski definition) is 2. The van der Waals surface area contributed by atoms with Crippen LogP contribution in [-0.2, 0) is 6.54 Å². The van der Waals surface area contributed by atoms with Gasteiger partial charge in [0.05, 0.1) is 11.9 Å². The Hall–Kier alpha value is -0.990. The van der Waals surface area contributed by atoms with Gasteiger partial charge in [-0.15, -0.1) is 0 Å². The number of nitrogens with zero attached hydrogens (tertiary/aromatic N) is 2. The number of aromatic nitrogens is 2. The van der Waals surface area contributed by atoms with Gasteiger partial charge in [-0.2, -0.15) is 5.10 Å². The van der Waals surface area contributed by atoms with Gasteiger partial charge in [-0.05, 0) is 25.7 Å². The zero-order chi connectivity index (χ0) is 10.7. The third kappa shape index (κ3) is 2.74. The number of nitrogens with one attached hydrogen (secondary N) is 1. The summed E-state index contributed by atoms with van der Waals surface area (Å²) >= 11 is 0. The van der Waals surface area contributed by atoms with Gasteiger partial charge in [-0.3, -0.25) is 4.68 Å². The standard InChI is InChI=1S/C12H21N3/c1-3-15-9-12(8-13-15)14-11-6-4-5-10(2)7-11/h8-11,14H,3-7H2,1-2H3. The van der Waals surface area contributed by atoms with E-state index in [4.69, 9.17) is 0 Å². The van der Waals surface area contributed by atoms with E-state index in [-0.39, 0.29) is 0 Å². The molecule has 2 rings (SSSR count). The highest BCUT2D eigenvalue weighted by Gasteiger charge is 2.18. The summed E-state index contributed by atoms with van der Waals surface area (Å²) in [6.45, 7) is 5.41. The van der Waals surface area contributed by atoms with E-state index >= 15 is 0 Å². The lowest BCUT2D eigenvalue weighted by Gasteiger charge is -2.27. The van der Waals surface area contributed by atoms with E-state index in [1.165, 1.54) is 31.4 Å². The van der Waals surface area contributed by atoms with Crippen LogP contribution in [0.1, 0.15) is 39.5 Å². The van der Waals surface area contributed by atoms with Crippen LogP contribution in [0.5, 0.6) is 0 Å². The van der Waals surface area contributed by atoms with Crippen LogP contribution in [0.2, 0.25) is 0 Å². The molecule has 1 heterocycles. The molecule has 0 amide bonds. The van der Waals surface area contributed by atoms with Crippen LogP contribution in [0.3, 0.4) is 0 Å². The summed E-state index contributed by atoms with van der Waals surface area (Å²) < 4.78 is 1.97. The summed E-state index contributed by atoms with van der Waals surface area (Å²) in [4.78, 5) is 0. The van der Waals surface area contributed by atoms with Crippen molar-refractivity contribution in [3.05, 3.63) is 12.4 Å². The normalized spacial score (nSPS) is 26.5. The van der Waals surface area contributed by atoms with Crippen molar-refractivity contribution in [3.8, 4) is 0 Å². The van der Waals surface area contributed by atoms with Gasteiger partial charge < -0.3 is 5.32 Å². The molecule has 1 aromatic heterocycles. The highest BCUT2D eigenvalue weighted by atomic mass is 15.3. The number of hydrogen-bond donors (Lipinski definition) is 1. The molecule has 15 heavy (non-hydrogen) atoms. The van der Waals surface area contributed by atoms with E-state index in [9.17, 15) is 0 Å². The largest absolute Gasteiger partial charge is 0.380 e. The van der Waals surface area contributed by atoms with Crippen molar-refractivity contribution in [1.82, 2.24) is 9.78 Å². The fourth-order valence-electron chi connectivity index (χ4n) is 2.41. The molecular formula is C12H21N3. The van der Waals surface area contributed by atoms with E-state index in [0.29, 0.717) is 6.04 Å². The second-order valence-corrected chi connectivity index (χ2v) is 4.70. The molecule has 0 radical (unpaired) electrons. The van der Waals surface area contributed by atoms with Crippen molar-refractivity contribution in [2.45, 2.75) is 52.1 Å². The first kappa shape index (κ1) is 10.5. The number of aryl methyl sites for hydroxylation is 1. The van der Waals surface area contributed by atoms with Crippen LogP contribution in [0.4, 0.5) is 5.69 Å². The molecule has 0 aromatic carbocycles. The minimum Gasteiger partial charge on any atom is -0.380 e. The van der Waals surface area contributed by atoms with Gasteiger partial charge in [0.2, 0.25) is 0 Å². The Morgan fingerprint density at radius 3 is 3.07 bits per heavy atom. The molecule has 84 valence electrons. The monoisotopic (exact) mass is 207 g/mol. The van der Waals surface area contributed by atoms with Crippen molar-refractivity contribution in [2.75, 3.05) is 5.32 Å². The average molecular weight is 207 g/mol. The fraction of sp³-hybridized carbons (Fsp3) is 0.750. The van der Waals surface area contributed by atoms with Crippen molar-refractivity contribution in [3.63, 3.8) is 0 Å². The van der Waals surface area contributed by atoms with Gasteiger partial charge >= 0.3 is 0 Å². The van der Waals surface area contributed by atoms with Gasteiger partial charge in [0.15, 0.2) is 0 Å². The van der Waals surface area contributed by atoms with Gasteiger partial charge in [0.1, 0.15) is 0 Å². The van der Waals surface area contributed by atoms with Crippen molar-refractivity contribution >= 4 is 5.69 Å². The van der Waals surface area contributed by atoms with Crippen molar-refractivity contribution in [1.29, 1.82) is 0 Å². The van der Waals surface area contributed by atoms with Gasteiger partial charge in [-0.1, -0.05) is 19.8 Å². The number of anilines is 1. The van der Waals surface area contributed by atoms with Gasteiger partial charge in [0, 0.05) is 18.8 Å². The van der Waals surface area contributed by atoms with E-state index in [1.54, 1.807) is 0 Å². The highest BCUT2D eigenvalue weighted by Crippen LogP contribution is 2.25. The molecule has 1 saturated carbocycles. The first-order valence-corrected chi connectivity index (χ1v) is 6.07. The molecule has 2 unspecified atom stereocenters. The minimum absolute atomic E-state index is 0.656. The molecule has 1 aliphatic carbocycles. The Morgan fingerprint density at radius 2 is 2.40 bits per heavy atom. The molecule has 3 nitrogen and oxygen atoms in total. The predicted molar refractivity (Wildman–Crippen MR) is 62.9 cm³/mol. The van der Waals surface area contributed by atoms with Crippen LogP contribution in [-0.4, -0.2) is 15.8 Å². The van der Waals surface area contributed by atoms with Crippen molar-refractivity contribution < 1.29 is 0 Å². The summed E-state index contributed by atoms with van der Waals surface area (Å²) in [6.07, 6.45) is 9.40. The summed E-state index contributed by atoms with van der Waals surface area (Å²) in [6, 6.07) is 0.656. The SMILES string of the molecule is CCn1cc(NC2CCCC(C)C2)cn1. The third-order valence-corrected chi connectivity index (χ3v) is 3.26. The summed E-state index contributed by atoms with van der Waals surface area (Å²) in [5, 5.41) is 7.86. The Kier molecular flexibility index (Phi) is 3.29. The third-order valence-electron chi connectivity index (χ3n) is 3.26. The Labute approximate surface area is 91.9 Å². The molecule has 0 saturated heterocycles. The lowest BCUT2D eigenvalue weighted by atomic mass is 9.87. The highest BCUT2D eigenvalue weighted by molar-refractivity contribution is 5.39. The topological polar surface area (TPSA) is 29.9 Å². The Bertz CT molecular complexity index is 306. The van der Waals surface area contributed by atoms with Crippen LogP contribution in [0, 0.1) is 5.92 Å². The van der Waals surface area contributed by atoms with E-state index < -0.39 is 0 Å². The molecule has 0 aliphatic heterocycles. The molecule has 1 aliphatic rings. The minimum atomic E-state index is 0.656. The van der Waals surface area contributed by atoms with E-state index in [1.807, 2.05) is 10.9 Å². The van der Waals surface area contributed by atoms with E-state index in [2.05, 4.69) is 30.5 Å². The summed E-state index contributed by atoms with van der Waals surface area (Å²) in [7, 11) is 0. The molecule has 0 bridgehead atoms. The summed E-state index contributed by atoms with van der Waals surface area (Å²) in [5.74, 6) is 0.873. The van der Waals surface area contributed by atoms with Crippen LogP contribution < -0.4 is 5.32 Å². The van der Waals surface area contributed by atoms with Crippen LogP contribution >= 0.6 is 0 Å². The Morgan fingerprint density at radius 1 is 1.53 bits per heavy atom. The first-order chi connectivity index (χ1) is 7.28. The molecule has 1 fully saturated rings. The smallest absolute Gasteiger partial charge is 0.0728 e. The second-order valence-electron chi connectivity index (χ2n) is 4.70. The second kappa shape index (κ2) is 4.69. The zero-order valence-corrected chi connectivity index (χ0v) is 9.74. The predicted octanol–water partition coefficient (Wildman–Crippen LogP) is 2.89. The van der Waals surface area contributed by atoms with Crippen molar-refractivity contribution in [2.24, 2.45) is 5.92 Å².